The lowest BCUT2D eigenvalue weighted by atomic mass is 9.94. The molecule has 112 valence electrons. The number of benzene rings is 1. The number of alkyl halides is 3. The normalized spacial score (nSPS) is 23.7. The molecule has 1 aliphatic rings. The third-order valence-corrected chi connectivity index (χ3v) is 5.39. The van der Waals surface area contributed by atoms with Gasteiger partial charge in [0.2, 0.25) is 0 Å². The number of halogens is 3. The van der Waals surface area contributed by atoms with E-state index in [1.54, 1.807) is 6.07 Å². The second-order valence-corrected chi connectivity index (χ2v) is 7.46. The minimum atomic E-state index is -4.40. The third kappa shape index (κ3) is 3.73. The van der Waals surface area contributed by atoms with Crippen LogP contribution in [-0.4, -0.2) is 19.9 Å². The zero-order chi connectivity index (χ0) is 15.0. The maximum Gasteiger partial charge on any atom is 0.416 e. The van der Waals surface area contributed by atoms with Crippen molar-refractivity contribution in [3.63, 3.8) is 0 Å². The van der Waals surface area contributed by atoms with Gasteiger partial charge in [-0.15, -0.1) is 0 Å². The number of sulfone groups is 1. The highest BCUT2D eigenvalue weighted by molar-refractivity contribution is 7.91. The van der Waals surface area contributed by atoms with Crippen LogP contribution >= 0.6 is 0 Å². The third-order valence-electron chi connectivity index (χ3n) is 3.56. The van der Waals surface area contributed by atoms with E-state index in [0.29, 0.717) is 18.4 Å². The van der Waals surface area contributed by atoms with Crippen LogP contribution in [0.25, 0.3) is 0 Å². The van der Waals surface area contributed by atoms with Crippen LogP contribution in [-0.2, 0) is 16.0 Å². The maximum absolute atomic E-state index is 12.6. The highest BCUT2D eigenvalue weighted by atomic mass is 32.2. The molecule has 1 aromatic rings. The average Bonchev–Trinajstić information content (AvgIpc) is 2.68. The van der Waals surface area contributed by atoms with Crippen LogP contribution in [0.2, 0.25) is 0 Å². The molecule has 2 unspecified atom stereocenters. The van der Waals surface area contributed by atoms with Crippen molar-refractivity contribution in [3.8, 4) is 0 Å². The van der Waals surface area contributed by atoms with Gasteiger partial charge in [-0.2, -0.15) is 13.2 Å². The Balaban J connectivity index is 2.08. The van der Waals surface area contributed by atoms with Gasteiger partial charge in [-0.1, -0.05) is 12.1 Å². The molecule has 3 nitrogen and oxygen atoms in total. The molecule has 0 amide bonds. The molecule has 0 aromatic heterocycles. The van der Waals surface area contributed by atoms with Crippen molar-refractivity contribution in [3.05, 3.63) is 35.4 Å². The fraction of sp³-hybridized carbons (Fsp3) is 0.538. The summed E-state index contributed by atoms with van der Waals surface area (Å²) in [5.74, 6) is 0.164. The average molecular weight is 307 g/mol. The van der Waals surface area contributed by atoms with Gasteiger partial charge in [-0.3, -0.25) is 0 Å². The fourth-order valence-corrected chi connectivity index (χ4v) is 4.38. The van der Waals surface area contributed by atoms with Gasteiger partial charge >= 0.3 is 6.18 Å². The largest absolute Gasteiger partial charge is 0.416 e. The highest BCUT2D eigenvalue weighted by Crippen LogP contribution is 2.32. The Morgan fingerprint density at radius 3 is 2.60 bits per heavy atom. The van der Waals surface area contributed by atoms with Crippen LogP contribution in [0.15, 0.2) is 24.3 Å². The Morgan fingerprint density at radius 1 is 1.35 bits per heavy atom. The molecule has 1 saturated heterocycles. The van der Waals surface area contributed by atoms with E-state index in [0.717, 1.165) is 12.1 Å². The summed E-state index contributed by atoms with van der Waals surface area (Å²) < 4.78 is 60.6. The van der Waals surface area contributed by atoms with Crippen molar-refractivity contribution in [2.75, 3.05) is 11.5 Å². The Morgan fingerprint density at radius 2 is 2.05 bits per heavy atom. The minimum absolute atomic E-state index is 0.0652. The van der Waals surface area contributed by atoms with Gasteiger partial charge in [0.1, 0.15) is 0 Å². The first kappa shape index (κ1) is 15.3. The quantitative estimate of drug-likeness (QED) is 0.933. The molecule has 1 aromatic carbocycles. The molecule has 20 heavy (non-hydrogen) atoms. The number of hydrogen-bond donors (Lipinski definition) is 1. The SMILES string of the molecule is NC(CC1CCS(=O)(=O)C1)c1cccc(C(F)(F)F)c1. The summed E-state index contributed by atoms with van der Waals surface area (Å²) in [6.07, 6.45) is -3.47. The van der Waals surface area contributed by atoms with Crippen LogP contribution in [0.5, 0.6) is 0 Å². The van der Waals surface area contributed by atoms with Gasteiger partial charge in [-0.25, -0.2) is 8.42 Å². The van der Waals surface area contributed by atoms with Gasteiger partial charge in [0.05, 0.1) is 17.1 Å². The molecule has 2 N–H and O–H groups in total. The summed E-state index contributed by atoms with van der Waals surface area (Å²) in [7, 11) is -2.99. The van der Waals surface area contributed by atoms with E-state index in [9.17, 15) is 21.6 Å². The number of nitrogens with two attached hydrogens (primary N) is 1. The summed E-state index contributed by atoms with van der Waals surface area (Å²) in [6, 6.07) is 4.33. The lowest BCUT2D eigenvalue weighted by molar-refractivity contribution is -0.137. The fourth-order valence-electron chi connectivity index (χ4n) is 2.50. The molecule has 0 radical (unpaired) electrons. The standard InChI is InChI=1S/C13H16F3NO2S/c14-13(15,16)11-3-1-2-10(7-11)12(17)6-9-4-5-20(18,19)8-9/h1-3,7,9,12H,4-6,8,17H2. The van der Waals surface area contributed by atoms with Gasteiger partial charge in [-0.05, 0) is 36.5 Å². The van der Waals surface area contributed by atoms with Crippen molar-refractivity contribution in [2.45, 2.75) is 25.1 Å². The van der Waals surface area contributed by atoms with Gasteiger partial charge in [0, 0.05) is 6.04 Å². The molecule has 0 saturated carbocycles. The van der Waals surface area contributed by atoms with Gasteiger partial charge in [0.15, 0.2) is 9.84 Å². The van der Waals surface area contributed by atoms with Crippen molar-refractivity contribution in [1.82, 2.24) is 0 Å². The number of rotatable bonds is 3. The summed E-state index contributed by atoms with van der Waals surface area (Å²) in [5, 5.41) is 0. The zero-order valence-electron chi connectivity index (χ0n) is 10.7. The Hall–Kier alpha value is -1.08. The van der Waals surface area contributed by atoms with Crippen LogP contribution in [0.4, 0.5) is 13.2 Å². The van der Waals surface area contributed by atoms with Crippen LogP contribution < -0.4 is 5.73 Å². The first-order chi connectivity index (χ1) is 9.17. The van der Waals surface area contributed by atoms with E-state index in [1.807, 2.05) is 0 Å². The molecule has 1 heterocycles. The minimum Gasteiger partial charge on any atom is -0.324 e. The monoisotopic (exact) mass is 307 g/mol. The molecule has 0 spiro atoms. The highest BCUT2D eigenvalue weighted by Gasteiger charge is 2.32. The maximum atomic E-state index is 12.6. The second kappa shape index (κ2) is 5.37. The molecular formula is C13H16F3NO2S. The van der Waals surface area contributed by atoms with Crippen molar-refractivity contribution < 1.29 is 21.6 Å². The first-order valence-electron chi connectivity index (χ1n) is 6.30. The molecule has 0 aliphatic carbocycles. The smallest absolute Gasteiger partial charge is 0.324 e. The molecular weight excluding hydrogens is 291 g/mol. The first-order valence-corrected chi connectivity index (χ1v) is 8.13. The van der Waals surface area contributed by atoms with Crippen LogP contribution in [0.1, 0.15) is 30.0 Å². The molecule has 2 atom stereocenters. The Labute approximate surface area is 115 Å². The molecule has 7 heteroatoms. The van der Waals surface area contributed by atoms with E-state index in [2.05, 4.69) is 0 Å². The topological polar surface area (TPSA) is 60.2 Å². The lowest BCUT2D eigenvalue weighted by Gasteiger charge is -2.17. The summed E-state index contributed by atoms with van der Waals surface area (Å²) >= 11 is 0. The predicted molar refractivity (Wildman–Crippen MR) is 69.8 cm³/mol. The van der Waals surface area contributed by atoms with Gasteiger partial charge in [0.25, 0.3) is 0 Å². The lowest BCUT2D eigenvalue weighted by Crippen LogP contribution is -2.17. The van der Waals surface area contributed by atoms with E-state index in [-0.39, 0.29) is 17.4 Å². The van der Waals surface area contributed by atoms with E-state index < -0.39 is 27.6 Å². The number of hydrogen-bond acceptors (Lipinski definition) is 3. The van der Waals surface area contributed by atoms with Crippen LogP contribution in [0.3, 0.4) is 0 Å². The summed E-state index contributed by atoms with van der Waals surface area (Å²) in [4.78, 5) is 0. The van der Waals surface area contributed by atoms with Crippen LogP contribution in [0, 0.1) is 5.92 Å². The molecule has 0 bridgehead atoms. The molecule has 1 aliphatic heterocycles. The van der Waals surface area contributed by atoms with Gasteiger partial charge < -0.3 is 5.73 Å². The van der Waals surface area contributed by atoms with E-state index in [4.69, 9.17) is 5.73 Å². The predicted octanol–water partition coefficient (Wildman–Crippen LogP) is 2.53. The second-order valence-electron chi connectivity index (χ2n) is 5.23. The molecule has 1 fully saturated rings. The summed E-state index contributed by atoms with van der Waals surface area (Å²) in [5.41, 5.74) is 5.57. The zero-order valence-corrected chi connectivity index (χ0v) is 11.5. The van der Waals surface area contributed by atoms with E-state index in [1.165, 1.54) is 6.07 Å². The van der Waals surface area contributed by atoms with Crippen molar-refractivity contribution in [1.29, 1.82) is 0 Å². The van der Waals surface area contributed by atoms with Crippen molar-refractivity contribution >= 4 is 9.84 Å². The van der Waals surface area contributed by atoms with E-state index >= 15 is 0 Å². The Kier molecular flexibility index (Phi) is 4.11. The molecule has 2 rings (SSSR count). The summed E-state index contributed by atoms with van der Waals surface area (Å²) in [6.45, 7) is 0. The Bertz CT molecular complexity index is 584. The van der Waals surface area contributed by atoms with Crippen molar-refractivity contribution in [2.24, 2.45) is 11.7 Å².